The third kappa shape index (κ3) is 5.97. The zero-order valence-electron chi connectivity index (χ0n) is 23.7. The number of hydrogen-bond acceptors (Lipinski definition) is 6. The van der Waals surface area contributed by atoms with Gasteiger partial charge in [0.1, 0.15) is 0 Å². The van der Waals surface area contributed by atoms with E-state index in [9.17, 15) is 8.42 Å². The maximum absolute atomic E-state index is 13.6. The Bertz CT molecular complexity index is 1440. The molecule has 0 radical (unpaired) electrons. The molecular weight excluding hydrogens is 510 g/mol. The summed E-state index contributed by atoms with van der Waals surface area (Å²) in [7, 11) is -2.17. The van der Waals surface area contributed by atoms with Gasteiger partial charge < -0.3 is 9.47 Å². The summed E-state index contributed by atoms with van der Waals surface area (Å²) in [5.41, 5.74) is 4.75. The predicted molar refractivity (Wildman–Crippen MR) is 154 cm³/mol. The van der Waals surface area contributed by atoms with E-state index in [-0.39, 0.29) is 34.2 Å². The van der Waals surface area contributed by atoms with E-state index in [1.54, 1.807) is 13.2 Å². The molecular formula is C31H39N3O4S. The molecule has 1 aliphatic carbocycles. The maximum Gasteiger partial charge on any atom is 0.264 e. The number of aryl methyl sites for hydroxylation is 2. The average Bonchev–Trinajstić information content (AvgIpc) is 2.82. The Morgan fingerprint density at radius 1 is 1.03 bits per heavy atom. The molecule has 1 saturated carbocycles. The van der Waals surface area contributed by atoms with Crippen LogP contribution in [0.5, 0.6) is 5.88 Å². The second-order valence-corrected chi connectivity index (χ2v) is 14.0. The highest BCUT2D eigenvalue weighted by Gasteiger charge is 2.41. The lowest BCUT2D eigenvalue weighted by Gasteiger charge is -2.44. The largest absolute Gasteiger partial charge is 0.477 e. The normalized spacial score (nSPS) is 24.4. The zero-order valence-corrected chi connectivity index (χ0v) is 24.5. The minimum atomic E-state index is -3.93. The van der Waals surface area contributed by atoms with E-state index in [1.165, 1.54) is 0 Å². The first-order valence-corrected chi connectivity index (χ1v) is 15.2. The van der Waals surface area contributed by atoms with Gasteiger partial charge in [0.2, 0.25) is 11.8 Å². The Kier molecular flexibility index (Phi) is 7.46. The van der Waals surface area contributed by atoms with Crippen molar-refractivity contribution in [2.45, 2.75) is 70.8 Å². The Balaban J connectivity index is 1.65. The first kappa shape index (κ1) is 27.6. The van der Waals surface area contributed by atoms with Gasteiger partial charge >= 0.3 is 0 Å². The Hall–Kier alpha value is -2.97. The van der Waals surface area contributed by atoms with Crippen molar-refractivity contribution in [2.75, 3.05) is 18.4 Å². The van der Waals surface area contributed by atoms with Crippen LogP contribution in [-0.2, 0) is 14.8 Å². The van der Waals surface area contributed by atoms with Gasteiger partial charge in [0.25, 0.3) is 10.0 Å². The molecule has 3 aromatic rings. The van der Waals surface area contributed by atoms with Crippen LogP contribution in [0.15, 0.2) is 53.4 Å². The van der Waals surface area contributed by atoms with Crippen LogP contribution in [0, 0.1) is 31.1 Å². The van der Waals surface area contributed by atoms with Gasteiger partial charge in [-0.05, 0) is 79.2 Å². The Morgan fingerprint density at radius 2 is 1.72 bits per heavy atom. The van der Waals surface area contributed by atoms with E-state index in [0.717, 1.165) is 41.5 Å². The first-order valence-electron chi connectivity index (χ1n) is 13.7. The van der Waals surface area contributed by atoms with Crippen LogP contribution in [0.3, 0.4) is 0 Å². The highest BCUT2D eigenvalue weighted by Crippen LogP contribution is 2.48. The van der Waals surface area contributed by atoms with Crippen LogP contribution < -0.4 is 9.46 Å². The molecule has 1 fully saturated rings. The maximum atomic E-state index is 13.6. The molecule has 2 heterocycles. The minimum Gasteiger partial charge on any atom is -0.477 e. The van der Waals surface area contributed by atoms with E-state index >= 15 is 0 Å². The molecule has 2 aromatic carbocycles. The SMILES string of the molecule is CO[C@H]1C[C@@H](C2c3cccc(c3)S(=O)(=O)Nc3nc(cc(-c4c(C)cccc4C)n3)OC[C@H]2CC(C)(C)C)C1. The molecule has 5 rings (SSSR count). The van der Waals surface area contributed by atoms with Crippen LogP contribution in [0.2, 0.25) is 0 Å². The fourth-order valence-corrected chi connectivity index (χ4v) is 7.25. The topological polar surface area (TPSA) is 90.4 Å². The Morgan fingerprint density at radius 3 is 2.38 bits per heavy atom. The van der Waals surface area contributed by atoms with Crippen LogP contribution in [-0.4, -0.2) is 38.2 Å². The number of sulfonamides is 1. The van der Waals surface area contributed by atoms with Crippen molar-refractivity contribution in [1.29, 1.82) is 0 Å². The summed E-state index contributed by atoms with van der Waals surface area (Å²) in [5.74, 6) is 1.03. The molecule has 2 atom stereocenters. The number of aromatic nitrogens is 2. The summed E-state index contributed by atoms with van der Waals surface area (Å²) in [6.45, 7) is 11.2. The summed E-state index contributed by atoms with van der Waals surface area (Å²) in [6, 6.07) is 15.2. The predicted octanol–water partition coefficient (Wildman–Crippen LogP) is 6.51. The number of nitrogens with zero attached hydrogens (tertiary/aromatic N) is 2. The molecule has 7 nitrogen and oxygen atoms in total. The molecule has 0 saturated heterocycles. The van der Waals surface area contributed by atoms with Crippen LogP contribution >= 0.6 is 0 Å². The van der Waals surface area contributed by atoms with E-state index in [0.29, 0.717) is 24.1 Å². The number of anilines is 1. The van der Waals surface area contributed by atoms with Crippen molar-refractivity contribution in [3.8, 4) is 17.1 Å². The molecule has 4 bridgehead atoms. The van der Waals surface area contributed by atoms with Crippen molar-refractivity contribution >= 4 is 16.0 Å². The van der Waals surface area contributed by atoms with E-state index < -0.39 is 10.0 Å². The summed E-state index contributed by atoms with van der Waals surface area (Å²) < 4.78 is 41.9. The molecule has 1 aromatic heterocycles. The lowest BCUT2D eigenvalue weighted by atomic mass is 9.64. The number of methoxy groups -OCH3 is 1. The summed E-state index contributed by atoms with van der Waals surface area (Å²) in [5, 5.41) is 0. The molecule has 1 unspecified atom stereocenters. The van der Waals surface area contributed by atoms with E-state index in [4.69, 9.17) is 9.47 Å². The standard InChI is InChI=1S/C31H39N3O4S/c1-19-9-7-10-20(2)28(19)26-16-27-33-30(32-26)34-39(35,36)25-12-8-11-21(15-25)29(22-13-24(14-22)37-6)23(18-38-27)17-31(3,4)5/h7-12,15-16,22-24,29H,13-14,17-18H2,1-6H3,(H,32,33,34)/t22-,23-,24+,29?/m1/s1. The number of nitrogens with one attached hydrogen (secondary N) is 1. The fraction of sp³-hybridized carbons (Fsp3) is 0.484. The number of benzene rings is 2. The summed E-state index contributed by atoms with van der Waals surface area (Å²) >= 11 is 0. The number of fused-ring (bicyclic) bond motifs is 4. The van der Waals surface area contributed by atoms with Gasteiger partial charge in [-0.1, -0.05) is 51.1 Å². The quantitative estimate of drug-likeness (QED) is 0.399. The summed E-state index contributed by atoms with van der Waals surface area (Å²) in [4.78, 5) is 9.34. The van der Waals surface area contributed by atoms with Crippen LogP contribution in [0.1, 0.15) is 62.6 Å². The monoisotopic (exact) mass is 549 g/mol. The van der Waals surface area contributed by atoms with Gasteiger partial charge in [0.05, 0.1) is 23.3 Å². The Labute approximate surface area is 232 Å². The molecule has 0 spiro atoms. The van der Waals surface area contributed by atoms with Gasteiger partial charge in [-0.25, -0.2) is 18.1 Å². The summed E-state index contributed by atoms with van der Waals surface area (Å²) in [6.07, 6.45) is 3.06. The highest BCUT2D eigenvalue weighted by atomic mass is 32.2. The second-order valence-electron chi connectivity index (χ2n) is 12.3. The van der Waals surface area contributed by atoms with Crippen molar-refractivity contribution in [3.63, 3.8) is 0 Å². The van der Waals surface area contributed by atoms with Gasteiger partial charge in [0, 0.05) is 24.7 Å². The molecule has 208 valence electrons. The van der Waals surface area contributed by atoms with Crippen molar-refractivity contribution in [3.05, 3.63) is 65.2 Å². The fourth-order valence-electron chi connectivity index (χ4n) is 6.25. The van der Waals surface area contributed by atoms with Crippen molar-refractivity contribution in [1.82, 2.24) is 9.97 Å². The van der Waals surface area contributed by atoms with Gasteiger partial charge in [-0.15, -0.1) is 0 Å². The van der Waals surface area contributed by atoms with Gasteiger partial charge in [-0.3, -0.25) is 0 Å². The first-order chi connectivity index (χ1) is 18.4. The van der Waals surface area contributed by atoms with Crippen LogP contribution in [0.4, 0.5) is 5.95 Å². The lowest BCUT2D eigenvalue weighted by Crippen LogP contribution is -2.39. The lowest BCUT2D eigenvalue weighted by molar-refractivity contribution is -0.0223. The van der Waals surface area contributed by atoms with Crippen LogP contribution in [0.25, 0.3) is 11.3 Å². The molecule has 2 aliphatic rings. The zero-order chi connectivity index (χ0) is 27.9. The molecule has 1 N–H and O–H groups in total. The number of rotatable bonds is 4. The third-order valence-corrected chi connectivity index (χ3v) is 9.34. The van der Waals surface area contributed by atoms with E-state index in [2.05, 4.69) is 41.5 Å². The molecule has 8 heteroatoms. The van der Waals surface area contributed by atoms with Gasteiger partial charge in [-0.2, -0.15) is 4.98 Å². The third-order valence-electron chi connectivity index (χ3n) is 8.02. The van der Waals surface area contributed by atoms with E-state index in [1.807, 2.05) is 50.2 Å². The highest BCUT2D eigenvalue weighted by molar-refractivity contribution is 7.92. The molecule has 0 amide bonds. The smallest absolute Gasteiger partial charge is 0.264 e. The molecule has 1 aliphatic heterocycles. The molecule has 39 heavy (non-hydrogen) atoms. The number of hydrogen-bond donors (Lipinski definition) is 1. The van der Waals surface area contributed by atoms with Crippen molar-refractivity contribution < 1.29 is 17.9 Å². The second kappa shape index (κ2) is 10.5. The average molecular weight is 550 g/mol. The minimum absolute atomic E-state index is 0.00183. The number of ether oxygens (including phenoxy) is 2. The van der Waals surface area contributed by atoms with Crippen molar-refractivity contribution in [2.24, 2.45) is 17.3 Å². The van der Waals surface area contributed by atoms with Gasteiger partial charge in [0.15, 0.2) is 0 Å².